The minimum absolute atomic E-state index is 0.165. The molecule has 1 aliphatic rings. The summed E-state index contributed by atoms with van der Waals surface area (Å²) in [6.07, 6.45) is 6.60. The third kappa shape index (κ3) is 3.83. The highest BCUT2D eigenvalue weighted by molar-refractivity contribution is 5.30. The van der Waals surface area contributed by atoms with Gasteiger partial charge in [-0.25, -0.2) is 9.07 Å². The molecule has 0 spiro atoms. The second-order valence-electron chi connectivity index (χ2n) is 6.88. The lowest BCUT2D eigenvalue weighted by molar-refractivity contribution is 0.190. The van der Waals surface area contributed by atoms with E-state index >= 15 is 0 Å². The standard InChI is InChI=1S/C21H23FN4/c22-18-9-7-8-17(14-18)21-12-5-2-6-13-25(21)15-19-16-26(24-23-19)20-10-3-1-4-11-20/h1,3-4,7-11,14,16,21H,2,5-6,12-13,15H2. The SMILES string of the molecule is Fc1cccc(C2CCCCCN2Cc2cn(-c3ccccc3)nn2)c1. The summed E-state index contributed by atoms with van der Waals surface area (Å²) in [4.78, 5) is 2.42. The van der Waals surface area contributed by atoms with Crippen LogP contribution >= 0.6 is 0 Å². The monoisotopic (exact) mass is 350 g/mol. The molecule has 5 heteroatoms. The summed E-state index contributed by atoms with van der Waals surface area (Å²) in [5, 5.41) is 8.63. The Hall–Kier alpha value is -2.53. The van der Waals surface area contributed by atoms with Gasteiger partial charge in [0.2, 0.25) is 0 Å². The Morgan fingerprint density at radius 3 is 2.73 bits per heavy atom. The Kier molecular flexibility index (Phi) is 5.07. The van der Waals surface area contributed by atoms with Crippen molar-refractivity contribution in [2.75, 3.05) is 6.54 Å². The van der Waals surface area contributed by atoms with Crippen LogP contribution in [0, 0.1) is 5.82 Å². The zero-order valence-corrected chi connectivity index (χ0v) is 14.8. The third-order valence-electron chi connectivity index (χ3n) is 5.02. The lowest BCUT2D eigenvalue weighted by atomic mass is 10.0. The van der Waals surface area contributed by atoms with E-state index in [-0.39, 0.29) is 11.9 Å². The van der Waals surface area contributed by atoms with Gasteiger partial charge >= 0.3 is 0 Å². The smallest absolute Gasteiger partial charge is 0.123 e. The average molecular weight is 350 g/mol. The summed E-state index contributed by atoms with van der Waals surface area (Å²) in [7, 11) is 0. The number of hydrogen-bond acceptors (Lipinski definition) is 3. The van der Waals surface area contributed by atoms with Gasteiger partial charge in [0.15, 0.2) is 0 Å². The zero-order chi connectivity index (χ0) is 17.8. The van der Waals surface area contributed by atoms with Gasteiger partial charge < -0.3 is 0 Å². The van der Waals surface area contributed by atoms with Crippen molar-refractivity contribution in [1.29, 1.82) is 0 Å². The van der Waals surface area contributed by atoms with E-state index in [0.29, 0.717) is 0 Å². The number of nitrogens with zero attached hydrogens (tertiary/aromatic N) is 4. The Bertz CT molecular complexity index is 846. The fraction of sp³-hybridized carbons (Fsp3) is 0.333. The van der Waals surface area contributed by atoms with Crippen molar-refractivity contribution >= 4 is 0 Å². The maximum absolute atomic E-state index is 13.7. The molecule has 26 heavy (non-hydrogen) atoms. The summed E-state index contributed by atoms with van der Waals surface area (Å²) >= 11 is 0. The minimum atomic E-state index is -0.165. The van der Waals surface area contributed by atoms with Crippen molar-refractivity contribution < 1.29 is 4.39 Å². The number of aromatic nitrogens is 3. The fourth-order valence-corrected chi connectivity index (χ4v) is 3.73. The molecule has 1 fully saturated rings. The summed E-state index contributed by atoms with van der Waals surface area (Å²) in [5.41, 5.74) is 3.00. The van der Waals surface area contributed by atoms with Crippen molar-refractivity contribution in [2.24, 2.45) is 0 Å². The van der Waals surface area contributed by atoms with Gasteiger partial charge in [0.05, 0.1) is 17.6 Å². The largest absolute Gasteiger partial charge is 0.290 e. The molecule has 1 aliphatic heterocycles. The van der Waals surface area contributed by atoms with E-state index in [0.717, 1.165) is 36.5 Å². The maximum atomic E-state index is 13.7. The minimum Gasteiger partial charge on any atom is -0.290 e. The normalized spacial score (nSPS) is 18.6. The molecule has 1 atom stereocenters. The lowest BCUT2D eigenvalue weighted by Gasteiger charge is -2.29. The van der Waals surface area contributed by atoms with E-state index in [2.05, 4.69) is 15.2 Å². The van der Waals surface area contributed by atoms with Crippen molar-refractivity contribution in [3.63, 3.8) is 0 Å². The average Bonchev–Trinajstić information content (AvgIpc) is 3.01. The first-order valence-electron chi connectivity index (χ1n) is 9.26. The molecule has 1 unspecified atom stereocenters. The van der Waals surface area contributed by atoms with E-state index in [4.69, 9.17) is 0 Å². The van der Waals surface area contributed by atoms with Crippen LogP contribution in [-0.4, -0.2) is 26.4 Å². The molecule has 4 nitrogen and oxygen atoms in total. The van der Waals surface area contributed by atoms with Gasteiger partial charge in [-0.05, 0) is 49.2 Å². The van der Waals surface area contributed by atoms with Gasteiger partial charge in [-0.3, -0.25) is 4.90 Å². The number of likely N-dealkylation sites (tertiary alicyclic amines) is 1. The molecule has 1 saturated heterocycles. The van der Waals surface area contributed by atoms with E-state index in [1.54, 1.807) is 12.1 Å². The number of para-hydroxylation sites is 1. The van der Waals surface area contributed by atoms with Crippen LogP contribution < -0.4 is 0 Å². The van der Waals surface area contributed by atoms with Gasteiger partial charge in [0.1, 0.15) is 5.82 Å². The van der Waals surface area contributed by atoms with Crippen LogP contribution in [0.2, 0.25) is 0 Å². The summed E-state index contributed by atoms with van der Waals surface area (Å²) in [6.45, 7) is 1.73. The molecule has 0 saturated carbocycles. The highest BCUT2D eigenvalue weighted by Gasteiger charge is 2.24. The molecular formula is C21H23FN4. The predicted molar refractivity (Wildman–Crippen MR) is 99.4 cm³/mol. The first-order chi connectivity index (χ1) is 12.8. The molecule has 4 rings (SSSR count). The lowest BCUT2D eigenvalue weighted by Crippen LogP contribution is -2.28. The molecule has 134 valence electrons. The number of benzene rings is 2. The Morgan fingerprint density at radius 2 is 1.88 bits per heavy atom. The van der Waals surface area contributed by atoms with E-state index in [1.165, 1.54) is 25.3 Å². The highest BCUT2D eigenvalue weighted by atomic mass is 19.1. The van der Waals surface area contributed by atoms with Crippen LogP contribution in [0.4, 0.5) is 4.39 Å². The van der Waals surface area contributed by atoms with Crippen molar-refractivity contribution in [3.8, 4) is 5.69 Å². The van der Waals surface area contributed by atoms with Crippen LogP contribution in [0.25, 0.3) is 5.69 Å². The molecule has 2 aromatic carbocycles. The number of hydrogen-bond donors (Lipinski definition) is 0. The van der Waals surface area contributed by atoms with Gasteiger partial charge in [0.25, 0.3) is 0 Å². The van der Waals surface area contributed by atoms with Crippen LogP contribution in [-0.2, 0) is 6.54 Å². The first kappa shape index (κ1) is 16.9. The zero-order valence-electron chi connectivity index (χ0n) is 14.8. The molecule has 0 amide bonds. The highest BCUT2D eigenvalue weighted by Crippen LogP contribution is 2.31. The summed E-state index contributed by atoms with van der Waals surface area (Å²) in [5.74, 6) is -0.165. The second-order valence-corrected chi connectivity index (χ2v) is 6.88. The van der Waals surface area contributed by atoms with Crippen molar-refractivity contribution in [2.45, 2.75) is 38.3 Å². The Labute approximate surface area is 153 Å². The van der Waals surface area contributed by atoms with Crippen molar-refractivity contribution in [1.82, 2.24) is 19.9 Å². The quantitative estimate of drug-likeness (QED) is 0.693. The Balaban J connectivity index is 1.55. The van der Waals surface area contributed by atoms with Crippen LogP contribution in [0.1, 0.15) is 43.0 Å². The Morgan fingerprint density at radius 1 is 1.00 bits per heavy atom. The van der Waals surface area contributed by atoms with Gasteiger partial charge in [0, 0.05) is 12.6 Å². The molecule has 2 heterocycles. The molecule has 0 N–H and O–H groups in total. The molecule has 0 radical (unpaired) electrons. The van der Waals surface area contributed by atoms with E-state index in [1.807, 2.05) is 47.3 Å². The molecule has 0 aliphatic carbocycles. The molecular weight excluding hydrogens is 327 g/mol. The van der Waals surface area contributed by atoms with Gasteiger partial charge in [-0.2, -0.15) is 0 Å². The fourth-order valence-electron chi connectivity index (χ4n) is 3.73. The van der Waals surface area contributed by atoms with Gasteiger partial charge in [-0.1, -0.05) is 48.4 Å². The third-order valence-corrected chi connectivity index (χ3v) is 5.02. The van der Waals surface area contributed by atoms with Crippen LogP contribution in [0.5, 0.6) is 0 Å². The number of halogens is 1. The molecule has 0 bridgehead atoms. The van der Waals surface area contributed by atoms with Crippen LogP contribution in [0.15, 0.2) is 60.8 Å². The number of rotatable bonds is 4. The first-order valence-corrected chi connectivity index (χ1v) is 9.26. The topological polar surface area (TPSA) is 34.0 Å². The maximum Gasteiger partial charge on any atom is 0.123 e. The predicted octanol–water partition coefficient (Wildman–Crippen LogP) is 4.52. The molecule has 3 aromatic rings. The van der Waals surface area contributed by atoms with Gasteiger partial charge in [-0.15, -0.1) is 5.10 Å². The van der Waals surface area contributed by atoms with Crippen LogP contribution in [0.3, 0.4) is 0 Å². The van der Waals surface area contributed by atoms with E-state index < -0.39 is 0 Å². The van der Waals surface area contributed by atoms with Crippen molar-refractivity contribution in [3.05, 3.63) is 77.9 Å². The molecule has 1 aromatic heterocycles. The van der Waals surface area contributed by atoms with E-state index in [9.17, 15) is 4.39 Å². The summed E-state index contributed by atoms with van der Waals surface area (Å²) in [6, 6.07) is 17.3. The summed E-state index contributed by atoms with van der Waals surface area (Å²) < 4.78 is 15.5. The second kappa shape index (κ2) is 7.79.